The highest BCUT2D eigenvalue weighted by atomic mass is 15.2. The van der Waals surface area contributed by atoms with Crippen LogP contribution in [0.25, 0.3) is 0 Å². The van der Waals surface area contributed by atoms with Crippen LogP contribution in [0.5, 0.6) is 0 Å². The van der Waals surface area contributed by atoms with Crippen molar-refractivity contribution in [3.63, 3.8) is 0 Å². The molecule has 0 atom stereocenters. The zero-order valence-corrected chi connectivity index (χ0v) is 10.1. The van der Waals surface area contributed by atoms with Gasteiger partial charge in [0, 0.05) is 31.0 Å². The van der Waals surface area contributed by atoms with Gasteiger partial charge in [0.1, 0.15) is 5.84 Å². The number of fused-ring (bicyclic) bond motifs is 1. The summed E-state index contributed by atoms with van der Waals surface area (Å²) in [4.78, 5) is 6.15. The lowest BCUT2D eigenvalue weighted by atomic mass is 10.1. The molecule has 1 aliphatic rings. The molecule has 1 aromatic heterocycles. The quantitative estimate of drug-likeness (QED) is 0.890. The maximum absolute atomic E-state index is 8.17. The molecule has 3 heteroatoms. The fourth-order valence-corrected chi connectivity index (χ4v) is 2.35. The van der Waals surface area contributed by atoms with Crippen molar-refractivity contribution in [3.05, 3.63) is 65.5 Å². The molecule has 0 saturated carbocycles. The Kier molecular flexibility index (Phi) is 2.81. The Labute approximate surface area is 107 Å². The van der Waals surface area contributed by atoms with Crippen LogP contribution in [-0.2, 0) is 13.0 Å². The van der Waals surface area contributed by atoms with E-state index in [0.717, 1.165) is 25.1 Å². The summed E-state index contributed by atoms with van der Waals surface area (Å²) in [5.41, 5.74) is 3.61. The van der Waals surface area contributed by atoms with Gasteiger partial charge in [-0.1, -0.05) is 24.3 Å². The number of hydrogen-bond acceptors (Lipinski definition) is 2. The van der Waals surface area contributed by atoms with Gasteiger partial charge in [-0.25, -0.2) is 0 Å². The Morgan fingerprint density at radius 3 is 2.67 bits per heavy atom. The maximum atomic E-state index is 8.17. The lowest BCUT2D eigenvalue weighted by molar-refractivity contribution is 0.432. The van der Waals surface area contributed by atoms with Crippen LogP contribution < -0.4 is 0 Å². The molecule has 0 saturated heterocycles. The van der Waals surface area contributed by atoms with E-state index >= 15 is 0 Å². The van der Waals surface area contributed by atoms with E-state index in [1.165, 1.54) is 11.1 Å². The van der Waals surface area contributed by atoms with Crippen molar-refractivity contribution < 1.29 is 0 Å². The van der Waals surface area contributed by atoms with Crippen LogP contribution >= 0.6 is 0 Å². The first-order valence-electron chi connectivity index (χ1n) is 6.15. The van der Waals surface area contributed by atoms with E-state index in [1.54, 1.807) is 0 Å². The fraction of sp³-hybridized carbons (Fsp3) is 0.200. The van der Waals surface area contributed by atoms with Gasteiger partial charge < -0.3 is 4.90 Å². The molecule has 0 unspecified atom stereocenters. The molecule has 2 aromatic rings. The summed E-state index contributed by atoms with van der Waals surface area (Å²) in [5, 5.41) is 8.17. The van der Waals surface area contributed by atoms with Gasteiger partial charge in [-0.3, -0.25) is 10.4 Å². The Hall–Kier alpha value is -2.16. The minimum atomic E-state index is 0.652. The molecule has 1 aliphatic heterocycles. The van der Waals surface area contributed by atoms with Crippen LogP contribution in [0.1, 0.15) is 16.7 Å². The number of nitrogens with zero attached hydrogens (tertiary/aromatic N) is 2. The summed E-state index contributed by atoms with van der Waals surface area (Å²) in [5.74, 6) is 0.652. The number of rotatable bonds is 3. The van der Waals surface area contributed by atoms with Gasteiger partial charge in [0.05, 0.1) is 0 Å². The summed E-state index contributed by atoms with van der Waals surface area (Å²) in [7, 11) is 0. The molecule has 0 aliphatic carbocycles. The average Bonchev–Trinajstić information content (AvgIpc) is 2.75. The summed E-state index contributed by atoms with van der Waals surface area (Å²) in [6.07, 6.45) is 4.59. The first-order valence-corrected chi connectivity index (χ1v) is 6.15. The lowest BCUT2D eigenvalue weighted by Gasteiger charge is -2.17. The topological polar surface area (TPSA) is 40.0 Å². The number of pyridine rings is 1. The van der Waals surface area contributed by atoms with Gasteiger partial charge in [-0.05, 0) is 29.7 Å². The molecule has 0 fully saturated rings. The molecular weight excluding hydrogens is 222 g/mol. The lowest BCUT2D eigenvalue weighted by Crippen LogP contribution is -2.26. The number of benzene rings is 1. The molecule has 90 valence electrons. The Bertz CT molecular complexity index is 563. The van der Waals surface area contributed by atoms with Crippen molar-refractivity contribution >= 4 is 5.84 Å². The predicted octanol–water partition coefficient (Wildman–Crippen LogP) is 2.47. The van der Waals surface area contributed by atoms with Crippen LogP contribution in [0.2, 0.25) is 0 Å². The normalized spacial score (nSPS) is 13.8. The molecule has 0 bridgehead atoms. The van der Waals surface area contributed by atoms with Crippen molar-refractivity contribution in [3.8, 4) is 0 Å². The van der Waals surface area contributed by atoms with E-state index in [4.69, 9.17) is 5.41 Å². The SMILES string of the molecule is N=C1c2ccccc2CN1CCc1ccncc1. The second-order valence-electron chi connectivity index (χ2n) is 4.53. The van der Waals surface area contributed by atoms with Crippen molar-refractivity contribution in [1.29, 1.82) is 5.41 Å². The van der Waals surface area contributed by atoms with E-state index in [9.17, 15) is 0 Å². The third kappa shape index (κ3) is 1.99. The molecule has 18 heavy (non-hydrogen) atoms. The molecular formula is C15H15N3. The Balaban J connectivity index is 1.68. The third-order valence-corrected chi connectivity index (χ3v) is 3.37. The van der Waals surface area contributed by atoms with E-state index in [1.807, 2.05) is 42.7 Å². The number of amidine groups is 1. The van der Waals surface area contributed by atoms with E-state index in [0.29, 0.717) is 5.84 Å². The second-order valence-corrected chi connectivity index (χ2v) is 4.53. The second kappa shape index (κ2) is 4.61. The van der Waals surface area contributed by atoms with E-state index < -0.39 is 0 Å². The Morgan fingerprint density at radius 1 is 1.11 bits per heavy atom. The monoisotopic (exact) mass is 237 g/mol. The number of nitrogens with one attached hydrogen (secondary N) is 1. The molecule has 3 rings (SSSR count). The average molecular weight is 237 g/mol. The molecule has 1 N–H and O–H groups in total. The highest BCUT2D eigenvalue weighted by Crippen LogP contribution is 2.22. The van der Waals surface area contributed by atoms with Crippen molar-refractivity contribution in [1.82, 2.24) is 9.88 Å². The van der Waals surface area contributed by atoms with Crippen molar-refractivity contribution in [2.24, 2.45) is 0 Å². The van der Waals surface area contributed by atoms with Crippen LogP contribution in [0.4, 0.5) is 0 Å². The maximum Gasteiger partial charge on any atom is 0.128 e. The third-order valence-electron chi connectivity index (χ3n) is 3.37. The van der Waals surface area contributed by atoms with Gasteiger partial charge in [0.25, 0.3) is 0 Å². The van der Waals surface area contributed by atoms with E-state index in [2.05, 4.69) is 16.0 Å². The van der Waals surface area contributed by atoms with Crippen LogP contribution in [-0.4, -0.2) is 22.3 Å². The predicted molar refractivity (Wildman–Crippen MR) is 71.6 cm³/mol. The summed E-state index contributed by atoms with van der Waals surface area (Å²) >= 11 is 0. The molecule has 1 aromatic carbocycles. The molecule has 0 amide bonds. The summed E-state index contributed by atoms with van der Waals surface area (Å²) in [6, 6.07) is 12.2. The molecule has 3 nitrogen and oxygen atoms in total. The van der Waals surface area contributed by atoms with Crippen molar-refractivity contribution in [2.45, 2.75) is 13.0 Å². The van der Waals surface area contributed by atoms with Gasteiger partial charge >= 0.3 is 0 Å². The first-order chi connectivity index (χ1) is 8.84. The highest BCUT2D eigenvalue weighted by Gasteiger charge is 2.22. The van der Waals surface area contributed by atoms with Crippen LogP contribution in [0.15, 0.2) is 48.8 Å². The largest absolute Gasteiger partial charge is 0.352 e. The Morgan fingerprint density at radius 2 is 1.89 bits per heavy atom. The zero-order valence-electron chi connectivity index (χ0n) is 10.1. The summed E-state index contributed by atoms with van der Waals surface area (Å²) < 4.78 is 0. The minimum absolute atomic E-state index is 0.652. The standard InChI is InChI=1S/C15H15N3/c16-15-14-4-2-1-3-13(14)11-18(15)10-7-12-5-8-17-9-6-12/h1-6,8-9,16H,7,10-11H2. The number of hydrogen-bond donors (Lipinski definition) is 1. The van der Waals surface area contributed by atoms with Crippen LogP contribution in [0.3, 0.4) is 0 Å². The van der Waals surface area contributed by atoms with E-state index in [-0.39, 0.29) is 0 Å². The zero-order chi connectivity index (χ0) is 12.4. The summed E-state index contributed by atoms with van der Waals surface area (Å²) in [6.45, 7) is 1.75. The van der Waals surface area contributed by atoms with Gasteiger partial charge in [-0.2, -0.15) is 0 Å². The molecule has 0 spiro atoms. The smallest absolute Gasteiger partial charge is 0.128 e. The fourth-order valence-electron chi connectivity index (χ4n) is 2.35. The molecule has 2 heterocycles. The number of aromatic nitrogens is 1. The minimum Gasteiger partial charge on any atom is -0.352 e. The van der Waals surface area contributed by atoms with Crippen LogP contribution in [0, 0.1) is 5.41 Å². The van der Waals surface area contributed by atoms with Gasteiger partial charge in [-0.15, -0.1) is 0 Å². The first kappa shape index (κ1) is 11.0. The highest BCUT2D eigenvalue weighted by molar-refractivity contribution is 6.00. The van der Waals surface area contributed by atoms with Crippen molar-refractivity contribution in [2.75, 3.05) is 6.54 Å². The van der Waals surface area contributed by atoms with Gasteiger partial charge in [0.15, 0.2) is 0 Å². The van der Waals surface area contributed by atoms with Gasteiger partial charge in [0.2, 0.25) is 0 Å². The molecule has 0 radical (unpaired) electrons.